The monoisotopic (exact) mass is 279 g/mol. The highest BCUT2D eigenvalue weighted by molar-refractivity contribution is 7.12. The van der Waals surface area contributed by atoms with Gasteiger partial charge in [0.2, 0.25) is 0 Å². The van der Waals surface area contributed by atoms with Crippen molar-refractivity contribution < 1.29 is 0 Å². The van der Waals surface area contributed by atoms with E-state index >= 15 is 0 Å². The van der Waals surface area contributed by atoms with Gasteiger partial charge < -0.3 is 5.32 Å². The van der Waals surface area contributed by atoms with Gasteiger partial charge in [-0.2, -0.15) is 0 Å². The van der Waals surface area contributed by atoms with Crippen LogP contribution >= 0.6 is 11.3 Å². The third kappa shape index (κ3) is 4.61. The molecule has 0 saturated heterocycles. The van der Waals surface area contributed by atoms with Gasteiger partial charge in [0.15, 0.2) is 0 Å². The average molecular weight is 279 g/mol. The Morgan fingerprint density at radius 3 is 2.63 bits per heavy atom. The van der Waals surface area contributed by atoms with E-state index in [4.69, 9.17) is 0 Å². The van der Waals surface area contributed by atoms with Crippen LogP contribution in [0.4, 0.5) is 0 Å². The molecule has 0 bridgehead atoms. The summed E-state index contributed by atoms with van der Waals surface area (Å²) in [4.78, 5) is 3.07. The summed E-state index contributed by atoms with van der Waals surface area (Å²) in [6, 6.07) is 5.25. The molecule has 1 N–H and O–H groups in total. The van der Waals surface area contributed by atoms with Crippen molar-refractivity contribution in [3.63, 3.8) is 0 Å². The standard InChI is InChI=1S/C17H29NS/c1-3-15-11-13-17(19-15)16(18-4-2)12-10-14-8-6-5-7-9-14/h11,13-14,16,18H,3-10,12H2,1-2H3. The first kappa shape index (κ1) is 15.1. The van der Waals surface area contributed by atoms with E-state index in [1.807, 2.05) is 11.3 Å². The van der Waals surface area contributed by atoms with Crippen molar-refractivity contribution in [3.8, 4) is 0 Å². The van der Waals surface area contributed by atoms with E-state index in [-0.39, 0.29) is 0 Å². The smallest absolute Gasteiger partial charge is 0.0414 e. The number of aryl methyl sites for hydroxylation is 1. The zero-order chi connectivity index (χ0) is 13.5. The van der Waals surface area contributed by atoms with E-state index in [0.717, 1.165) is 12.5 Å². The lowest BCUT2D eigenvalue weighted by atomic mass is 9.85. The fourth-order valence-corrected chi connectivity index (χ4v) is 4.30. The van der Waals surface area contributed by atoms with Crippen LogP contribution in [0, 0.1) is 5.92 Å². The second kappa shape index (κ2) is 8.06. The average Bonchev–Trinajstić information content (AvgIpc) is 2.93. The van der Waals surface area contributed by atoms with Gasteiger partial charge in [-0.25, -0.2) is 0 Å². The van der Waals surface area contributed by atoms with Crippen molar-refractivity contribution in [3.05, 3.63) is 21.9 Å². The maximum absolute atomic E-state index is 3.69. The minimum absolute atomic E-state index is 0.595. The van der Waals surface area contributed by atoms with Crippen molar-refractivity contribution in [2.24, 2.45) is 5.92 Å². The lowest BCUT2D eigenvalue weighted by Crippen LogP contribution is -2.21. The Morgan fingerprint density at radius 1 is 1.21 bits per heavy atom. The highest BCUT2D eigenvalue weighted by Crippen LogP contribution is 2.32. The Bertz CT molecular complexity index is 352. The zero-order valence-electron chi connectivity index (χ0n) is 12.6. The first-order valence-electron chi connectivity index (χ1n) is 8.15. The van der Waals surface area contributed by atoms with Crippen LogP contribution < -0.4 is 5.32 Å². The summed E-state index contributed by atoms with van der Waals surface area (Å²) >= 11 is 2.01. The lowest BCUT2D eigenvalue weighted by molar-refractivity contribution is 0.316. The molecule has 0 amide bonds. The van der Waals surface area contributed by atoms with Crippen LogP contribution in [0.2, 0.25) is 0 Å². The molecule has 2 heteroatoms. The zero-order valence-corrected chi connectivity index (χ0v) is 13.4. The second-order valence-electron chi connectivity index (χ2n) is 5.85. The van der Waals surface area contributed by atoms with Crippen LogP contribution in [0.3, 0.4) is 0 Å². The molecule has 0 aromatic carbocycles. The van der Waals surface area contributed by atoms with Crippen LogP contribution in [0.5, 0.6) is 0 Å². The van der Waals surface area contributed by atoms with Crippen LogP contribution in [0.1, 0.15) is 74.6 Å². The third-order valence-electron chi connectivity index (χ3n) is 4.41. The molecule has 1 aliphatic rings. The van der Waals surface area contributed by atoms with Crippen LogP contribution in [-0.4, -0.2) is 6.54 Å². The Labute approximate surface area is 122 Å². The maximum atomic E-state index is 3.69. The topological polar surface area (TPSA) is 12.0 Å². The van der Waals surface area contributed by atoms with Gasteiger partial charge in [0.25, 0.3) is 0 Å². The molecule has 1 unspecified atom stereocenters. The molecule has 1 fully saturated rings. The Balaban J connectivity index is 1.87. The lowest BCUT2D eigenvalue weighted by Gasteiger charge is -2.24. The fourth-order valence-electron chi connectivity index (χ4n) is 3.24. The Hall–Kier alpha value is -0.340. The van der Waals surface area contributed by atoms with E-state index in [2.05, 4.69) is 31.3 Å². The molecular formula is C17H29NS. The largest absolute Gasteiger partial charge is 0.310 e. The van der Waals surface area contributed by atoms with Crippen molar-refractivity contribution in [2.45, 2.75) is 71.3 Å². The normalized spacial score (nSPS) is 18.6. The summed E-state index contributed by atoms with van der Waals surface area (Å²) in [6.45, 7) is 5.55. The van der Waals surface area contributed by atoms with Gasteiger partial charge >= 0.3 is 0 Å². The van der Waals surface area contributed by atoms with E-state index in [0.29, 0.717) is 6.04 Å². The van der Waals surface area contributed by atoms with Gasteiger partial charge in [-0.05, 0) is 43.9 Å². The maximum Gasteiger partial charge on any atom is 0.0414 e. The van der Waals surface area contributed by atoms with Crippen molar-refractivity contribution in [1.29, 1.82) is 0 Å². The summed E-state index contributed by atoms with van der Waals surface area (Å²) in [6.07, 6.45) is 11.3. The van der Waals surface area contributed by atoms with Crippen molar-refractivity contribution >= 4 is 11.3 Å². The van der Waals surface area contributed by atoms with E-state index in [9.17, 15) is 0 Å². The number of hydrogen-bond acceptors (Lipinski definition) is 2. The summed E-state index contributed by atoms with van der Waals surface area (Å²) in [5.41, 5.74) is 0. The molecule has 108 valence electrons. The third-order valence-corrected chi connectivity index (χ3v) is 5.76. The van der Waals surface area contributed by atoms with E-state index < -0.39 is 0 Å². The predicted octanol–water partition coefficient (Wildman–Crippen LogP) is 5.32. The molecule has 1 heterocycles. The summed E-state index contributed by atoms with van der Waals surface area (Å²) in [7, 11) is 0. The molecule has 0 radical (unpaired) electrons. The molecule has 1 atom stereocenters. The number of hydrogen-bond donors (Lipinski definition) is 1. The van der Waals surface area contributed by atoms with Crippen molar-refractivity contribution in [1.82, 2.24) is 5.32 Å². The number of rotatable bonds is 7. The van der Waals surface area contributed by atoms with Crippen LogP contribution in [-0.2, 0) is 6.42 Å². The quantitative estimate of drug-likeness (QED) is 0.712. The van der Waals surface area contributed by atoms with E-state index in [1.165, 1.54) is 56.2 Å². The van der Waals surface area contributed by atoms with Gasteiger partial charge in [0.05, 0.1) is 0 Å². The van der Waals surface area contributed by atoms with Crippen LogP contribution in [0.25, 0.3) is 0 Å². The highest BCUT2D eigenvalue weighted by Gasteiger charge is 2.17. The number of thiophene rings is 1. The first-order chi connectivity index (χ1) is 9.33. The van der Waals surface area contributed by atoms with Gasteiger partial charge in [-0.15, -0.1) is 11.3 Å². The second-order valence-corrected chi connectivity index (χ2v) is 7.05. The summed E-state index contributed by atoms with van der Waals surface area (Å²) < 4.78 is 0. The minimum Gasteiger partial charge on any atom is -0.310 e. The molecule has 19 heavy (non-hydrogen) atoms. The molecule has 1 aromatic rings. The fraction of sp³-hybridized carbons (Fsp3) is 0.765. The molecule has 1 nitrogen and oxygen atoms in total. The Morgan fingerprint density at radius 2 is 2.00 bits per heavy atom. The Kier molecular flexibility index (Phi) is 6.39. The molecule has 1 aliphatic carbocycles. The van der Waals surface area contributed by atoms with E-state index in [1.54, 1.807) is 4.88 Å². The minimum atomic E-state index is 0.595. The summed E-state index contributed by atoms with van der Waals surface area (Å²) in [5.74, 6) is 1.00. The predicted molar refractivity (Wildman–Crippen MR) is 85.9 cm³/mol. The van der Waals surface area contributed by atoms with Gasteiger partial charge in [-0.3, -0.25) is 0 Å². The molecule has 1 aromatic heterocycles. The van der Waals surface area contributed by atoms with Gasteiger partial charge in [-0.1, -0.05) is 46.0 Å². The summed E-state index contributed by atoms with van der Waals surface area (Å²) in [5, 5.41) is 3.69. The van der Waals surface area contributed by atoms with Crippen molar-refractivity contribution in [2.75, 3.05) is 6.54 Å². The molecule has 1 saturated carbocycles. The highest BCUT2D eigenvalue weighted by atomic mass is 32.1. The van der Waals surface area contributed by atoms with Crippen LogP contribution in [0.15, 0.2) is 12.1 Å². The van der Waals surface area contributed by atoms with Gasteiger partial charge in [0.1, 0.15) is 0 Å². The van der Waals surface area contributed by atoms with Gasteiger partial charge in [0, 0.05) is 15.8 Å². The molecule has 0 aliphatic heterocycles. The first-order valence-corrected chi connectivity index (χ1v) is 8.97. The molecule has 2 rings (SSSR count). The molecule has 0 spiro atoms. The SMILES string of the molecule is CCNC(CCC1CCCCC1)c1ccc(CC)s1. The molecular weight excluding hydrogens is 250 g/mol. The number of nitrogens with one attached hydrogen (secondary N) is 1.